The van der Waals surface area contributed by atoms with Crippen molar-refractivity contribution in [2.24, 2.45) is 0 Å². The van der Waals surface area contributed by atoms with Crippen molar-refractivity contribution in [3.05, 3.63) is 0 Å². The highest BCUT2D eigenvalue weighted by Crippen LogP contribution is 2.45. The van der Waals surface area contributed by atoms with Crippen molar-refractivity contribution in [3.63, 3.8) is 0 Å². The van der Waals surface area contributed by atoms with Crippen LogP contribution in [0.4, 0.5) is 18.0 Å². The van der Waals surface area contributed by atoms with E-state index < -0.39 is 36.8 Å². The van der Waals surface area contributed by atoms with Crippen LogP contribution in [0.15, 0.2) is 0 Å². The van der Waals surface area contributed by atoms with Gasteiger partial charge in [-0.2, -0.15) is 13.2 Å². The van der Waals surface area contributed by atoms with E-state index in [0.29, 0.717) is 0 Å². The molecular weight excluding hydrogens is 249 g/mol. The Kier molecular flexibility index (Phi) is 3.29. The molecular formula is C7H9F3N2O3S. The fraction of sp³-hybridized carbons (Fsp3) is 0.714. The molecule has 0 heterocycles. The van der Waals surface area contributed by atoms with E-state index in [-0.39, 0.29) is 5.11 Å². The Labute approximate surface area is 93.6 Å². The van der Waals surface area contributed by atoms with Gasteiger partial charge in [-0.15, -0.1) is 0 Å². The van der Waals surface area contributed by atoms with Gasteiger partial charge in [-0.3, -0.25) is 5.32 Å². The number of carbonyl (C=O) groups is 1. The van der Waals surface area contributed by atoms with Crippen molar-refractivity contribution in [3.8, 4) is 0 Å². The minimum Gasteiger partial charge on any atom is -0.465 e. The molecule has 1 amide bonds. The zero-order valence-electron chi connectivity index (χ0n) is 7.84. The first-order valence-electron chi connectivity index (χ1n) is 4.23. The zero-order valence-corrected chi connectivity index (χ0v) is 8.65. The van der Waals surface area contributed by atoms with Gasteiger partial charge in [0.1, 0.15) is 0 Å². The van der Waals surface area contributed by atoms with Crippen molar-refractivity contribution in [1.82, 2.24) is 10.6 Å². The molecule has 0 aliphatic heterocycles. The van der Waals surface area contributed by atoms with Gasteiger partial charge in [0.25, 0.3) is 0 Å². The molecule has 1 rings (SSSR count). The van der Waals surface area contributed by atoms with Gasteiger partial charge in [0.2, 0.25) is 0 Å². The van der Waals surface area contributed by atoms with Gasteiger partial charge in [-0.05, 0) is 12.2 Å². The van der Waals surface area contributed by atoms with Gasteiger partial charge in [0.05, 0.1) is 0 Å². The van der Waals surface area contributed by atoms with Crippen molar-refractivity contribution in [2.75, 3.05) is 0 Å². The molecule has 1 fully saturated rings. The number of thiocarbonyl (C=S) groups is 1. The summed E-state index contributed by atoms with van der Waals surface area (Å²) in [7, 11) is 0. The summed E-state index contributed by atoms with van der Waals surface area (Å²) in [5.74, 6) is 0. The molecule has 1 aliphatic carbocycles. The lowest BCUT2D eigenvalue weighted by Gasteiger charge is -2.44. The van der Waals surface area contributed by atoms with Crippen molar-refractivity contribution in [1.29, 1.82) is 0 Å². The van der Waals surface area contributed by atoms with Crippen LogP contribution in [0.1, 0.15) is 12.8 Å². The third kappa shape index (κ3) is 2.73. The highest BCUT2D eigenvalue weighted by molar-refractivity contribution is 7.80. The Hall–Kier alpha value is -1.09. The number of alkyl halides is 3. The Morgan fingerprint density at radius 3 is 2.31 bits per heavy atom. The average Bonchev–Trinajstić information content (AvgIpc) is 1.96. The van der Waals surface area contributed by atoms with E-state index in [1.54, 1.807) is 5.32 Å². The molecule has 0 spiro atoms. The van der Waals surface area contributed by atoms with Crippen LogP contribution in [0.3, 0.4) is 0 Å². The number of nitrogens with one attached hydrogen (secondary N) is 2. The molecule has 16 heavy (non-hydrogen) atoms. The minimum atomic E-state index is -4.67. The van der Waals surface area contributed by atoms with E-state index in [1.807, 2.05) is 0 Å². The SMILES string of the molecule is O=C(O)NC(=S)NC1CC(O)(C(F)(F)F)C1. The predicted octanol–water partition coefficient (Wildman–Crippen LogP) is 0.584. The Morgan fingerprint density at radius 1 is 1.44 bits per heavy atom. The van der Waals surface area contributed by atoms with Crippen LogP contribution in [0.2, 0.25) is 0 Å². The molecule has 0 atom stereocenters. The molecule has 0 radical (unpaired) electrons. The Morgan fingerprint density at radius 2 is 1.94 bits per heavy atom. The molecule has 0 saturated heterocycles. The van der Waals surface area contributed by atoms with Crippen LogP contribution in [-0.4, -0.2) is 39.2 Å². The monoisotopic (exact) mass is 258 g/mol. The van der Waals surface area contributed by atoms with Gasteiger partial charge in [0.15, 0.2) is 10.7 Å². The van der Waals surface area contributed by atoms with Gasteiger partial charge >= 0.3 is 12.3 Å². The maximum atomic E-state index is 12.2. The highest BCUT2D eigenvalue weighted by atomic mass is 32.1. The standard InChI is InChI=1S/C7H9F3N2O3S/c8-7(9,10)6(15)1-3(2-6)11-4(16)12-5(13)14/h3,15H,1-2H2,(H,13,14)(H2,11,12,16). The number of hydrogen-bond donors (Lipinski definition) is 4. The van der Waals surface area contributed by atoms with Crippen molar-refractivity contribution in [2.45, 2.75) is 30.7 Å². The summed E-state index contributed by atoms with van der Waals surface area (Å²) in [5, 5.41) is 21.2. The van der Waals surface area contributed by atoms with E-state index in [4.69, 9.17) is 10.2 Å². The van der Waals surface area contributed by atoms with Gasteiger partial charge in [-0.25, -0.2) is 4.79 Å². The molecule has 4 N–H and O–H groups in total. The topological polar surface area (TPSA) is 81.6 Å². The maximum absolute atomic E-state index is 12.2. The van der Waals surface area contributed by atoms with Crippen LogP contribution in [0.25, 0.3) is 0 Å². The minimum absolute atomic E-state index is 0.276. The quantitative estimate of drug-likeness (QED) is 0.517. The third-order valence-corrected chi connectivity index (χ3v) is 2.47. The summed E-state index contributed by atoms with van der Waals surface area (Å²) in [6.07, 6.45) is -7.16. The molecule has 0 aromatic rings. The number of halogens is 3. The van der Waals surface area contributed by atoms with Crippen LogP contribution in [0.5, 0.6) is 0 Å². The summed E-state index contributed by atoms with van der Waals surface area (Å²) in [5.41, 5.74) is -2.69. The Balaban J connectivity index is 2.37. The summed E-state index contributed by atoms with van der Waals surface area (Å²) >= 11 is 4.51. The molecule has 1 aliphatic rings. The second kappa shape index (κ2) is 4.06. The lowest BCUT2D eigenvalue weighted by molar-refractivity contribution is -0.291. The van der Waals surface area contributed by atoms with Crippen LogP contribution < -0.4 is 10.6 Å². The predicted molar refractivity (Wildman–Crippen MR) is 50.9 cm³/mol. The number of carboxylic acid groups (broad SMARTS) is 1. The Bertz CT molecular complexity index is 314. The summed E-state index contributed by atoms with van der Waals surface area (Å²) < 4.78 is 36.6. The third-order valence-electron chi connectivity index (χ3n) is 2.25. The van der Waals surface area contributed by atoms with Gasteiger partial charge in [-0.1, -0.05) is 0 Å². The fourth-order valence-corrected chi connectivity index (χ4v) is 1.66. The van der Waals surface area contributed by atoms with E-state index in [9.17, 15) is 18.0 Å². The molecule has 9 heteroatoms. The average molecular weight is 258 g/mol. The fourth-order valence-electron chi connectivity index (χ4n) is 1.41. The first-order valence-corrected chi connectivity index (χ1v) is 4.64. The summed E-state index contributed by atoms with van der Waals surface area (Å²) in [6.45, 7) is 0. The molecule has 1 saturated carbocycles. The van der Waals surface area contributed by atoms with E-state index in [1.165, 1.54) is 0 Å². The van der Waals surface area contributed by atoms with Crippen LogP contribution >= 0.6 is 12.2 Å². The number of hydrogen-bond acceptors (Lipinski definition) is 3. The molecule has 0 aromatic heterocycles. The molecule has 92 valence electrons. The first-order chi connectivity index (χ1) is 7.14. The number of amides is 1. The van der Waals surface area contributed by atoms with E-state index in [2.05, 4.69) is 17.5 Å². The maximum Gasteiger partial charge on any atom is 0.417 e. The number of rotatable bonds is 1. The molecule has 5 nitrogen and oxygen atoms in total. The molecule has 0 bridgehead atoms. The zero-order chi connectivity index (χ0) is 12.6. The van der Waals surface area contributed by atoms with E-state index >= 15 is 0 Å². The second-order valence-corrected chi connectivity index (χ2v) is 3.95. The van der Waals surface area contributed by atoms with Gasteiger partial charge < -0.3 is 15.5 Å². The lowest BCUT2D eigenvalue weighted by Crippen LogP contribution is -2.63. The number of aliphatic hydroxyl groups is 1. The van der Waals surface area contributed by atoms with Gasteiger partial charge in [0, 0.05) is 18.9 Å². The normalized spacial score (nSPS) is 29.1. The smallest absolute Gasteiger partial charge is 0.417 e. The highest BCUT2D eigenvalue weighted by Gasteiger charge is 2.61. The molecule has 0 unspecified atom stereocenters. The largest absolute Gasteiger partial charge is 0.465 e. The summed E-state index contributed by atoms with van der Waals surface area (Å²) in [4.78, 5) is 10.1. The first kappa shape index (κ1) is 13.0. The van der Waals surface area contributed by atoms with E-state index in [0.717, 1.165) is 0 Å². The van der Waals surface area contributed by atoms with Crippen LogP contribution in [-0.2, 0) is 0 Å². The summed E-state index contributed by atoms with van der Waals surface area (Å²) in [6, 6.07) is -0.675. The van der Waals surface area contributed by atoms with Crippen molar-refractivity contribution < 1.29 is 28.2 Å². The lowest BCUT2D eigenvalue weighted by atomic mass is 9.75. The van der Waals surface area contributed by atoms with Crippen LogP contribution in [0, 0.1) is 0 Å². The van der Waals surface area contributed by atoms with Crippen molar-refractivity contribution >= 4 is 23.4 Å². The molecule has 0 aromatic carbocycles. The second-order valence-electron chi connectivity index (χ2n) is 3.54.